The number of ether oxygens (including phenoxy) is 1. The van der Waals surface area contributed by atoms with Crippen LogP contribution in [0.3, 0.4) is 0 Å². The van der Waals surface area contributed by atoms with Crippen LogP contribution in [0.25, 0.3) is 0 Å². The Morgan fingerprint density at radius 1 is 1.54 bits per heavy atom. The van der Waals surface area contributed by atoms with Crippen LogP contribution in [0.2, 0.25) is 0 Å². The van der Waals surface area contributed by atoms with E-state index in [2.05, 4.69) is 13.5 Å². The van der Waals surface area contributed by atoms with Crippen molar-refractivity contribution in [3.05, 3.63) is 49.2 Å². The van der Waals surface area contributed by atoms with Crippen molar-refractivity contribution in [1.29, 1.82) is 0 Å². The van der Waals surface area contributed by atoms with Crippen molar-refractivity contribution in [1.82, 2.24) is 0 Å². The first-order chi connectivity index (χ1) is 6.19. The highest BCUT2D eigenvalue weighted by Gasteiger charge is 2.06. The standard InChI is InChI=1S/C11H12FO/c1-4-8(2)9-5-6-10(12)11(7-9)13-3/h4-8H,1-2H2,3H3. The maximum Gasteiger partial charge on any atom is 0.165 e. The minimum Gasteiger partial charge on any atom is -0.494 e. The third-order valence-corrected chi connectivity index (χ3v) is 1.89. The second-order valence-corrected chi connectivity index (χ2v) is 2.74. The van der Waals surface area contributed by atoms with E-state index in [0.717, 1.165) is 5.56 Å². The van der Waals surface area contributed by atoms with E-state index in [1.54, 1.807) is 18.2 Å². The van der Waals surface area contributed by atoms with Gasteiger partial charge in [0.1, 0.15) is 0 Å². The number of hydrogen-bond donors (Lipinski definition) is 0. The van der Waals surface area contributed by atoms with E-state index in [9.17, 15) is 4.39 Å². The molecule has 0 amide bonds. The molecule has 0 heterocycles. The molecule has 1 rings (SSSR count). The molecule has 0 aliphatic heterocycles. The molecule has 1 nitrogen and oxygen atoms in total. The first kappa shape index (κ1) is 9.78. The van der Waals surface area contributed by atoms with Crippen LogP contribution < -0.4 is 4.74 Å². The summed E-state index contributed by atoms with van der Waals surface area (Å²) in [6, 6.07) is 4.68. The first-order valence-corrected chi connectivity index (χ1v) is 3.98. The molecule has 0 bridgehead atoms. The lowest BCUT2D eigenvalue weighted by atomic mass is 10.0. The topological polar surface area (TPSA) is 9.23 Å². The summed E-state index contributed by atoms with van der Waals surface area (Å²) in [5, 5.41) is 0. The van der Waals surface area contributed by atoms with E-state index in [0.29, 0.717) is 0 Å². The van der Waals surface area contributed by atoms with Crippen LogP contribution in [-0.4, -0.2) is 7.11 Å². The first-order valence-electron chi connectivity index (χ1n) is 3.98. The molecule has 1 aromatic rings. The van der Waals surface area contributed by atoms with Crippen molar-refractivity contribution < 1.29 is 9.13 Å². The molecule has 0 aliphatic rings. The average molecular weight is 179 g/mol. The van der Waals surface area contributed by atoms with Crippen LogP contribution in [0.5, 0.6) is 5.75 Å². The van der Waals surface area contributed by atoms with Crippen LogP contribution in [0.15, 0.2) is 30.9 Å². The molecule has 1 unspecified atom stereocenters. The molecule has 0 saturated carbocycles. The second kappa shape index (κ2) is 4.08. The summed E-state index contributed by atoms with van der Waals surface area (Å²) in [4.78, 5) is 0. The Kier molecular flexibility index (Phi) is 3.07. The van der Waals surface area contributed by atoms with Crippen molar-refractivity contribution in [2.24, 2.45) is 0 Å². The Morgan fingerprint density at radius 2 is 2.23 bits per heavy atom. The SMILES string of the molecule is [CH2]C(C=C)c1ccc(F)c(OC)c1. The molecule has 0 fully saturated rings. The summed E-state index contributed by atoms with van der Waals surface area (Å²) in [7, 11) is 1.44. The van der Waals surface area contributed by atoms with Gasteiger partial charge >= 0.3 is 0 Å². The summed E-state index contributed by atoms with van der Waals surface area (Å²) < 4.78 is 17.8. The summed E-state index contributed by atoms with van der Waals surface area (Å²) in [6.45, 7) is 7.45. The number of methoxy groups -OCH3 is 1. The number of benzene rings is 1. The van der Waals surface area contributed by atoms with E-state index in [4.69, 9.17) is 4.74 Å². The zero-order valence-electron chi connectivity index (χ0n) is 7.59. The minimum absolute atomic E-state index is 0.0329. The predicted octanol–water partition coefficient (Wildman–Crippen LogP) is 2.94. The Bertz CT molecular complexity index is 307. The Labute approximate surface area is 77.8 Å². The molecule has 0 aliphatic carbocycles. The largest absolute Gasteiger partial charge is 0.494 e. The van der Waals surface area contributed by atoms with Gasteiger partial charge in [-0.05, 0) is 24.6 Å². The van der Waals surface area contributed by atoms with E-state index in [1.165, 1.54) is 13.2 Å². The highest BCUT2D eigenvalue weighted by molar-refractivity contribution is 5.34. The Balaban J connectivity index is 3.05. The summed E-state index contributed by atoms with van der Waals surface area (Å²) in [5.74, 6) is -0.148. The summed E-state index contributed by atoms with van der Waals surface area (Å²) >= 11 is 0. The Hall–Kier alpha value is -1.31. The fourth-order valence-electron chi connectivity index (χ4n) is 1.04. The van der Waals surface area contributed by atoms with E-state index in [-0.39, 0.29) is 17.5 Å². The molecule has 1 radical (unpaired) electrons. The molecule has 2 heteroatoms. The van der Waals surface area contributed by atoms with Gasteiger partial charge in [0.05, 0.1) is 7.11 Å². The predicted molar refractivity (Wildman–Crippen MR) is 51.2 cm³/mol. The molecule has 0 aromatic heterocycles. The average Bonchev–Trinajstić information content (AvgIpc) is 2.17. The van der Waals surface area contributed by atoms with Crippen LogP contribution in [0, 0.1) is 12.7 Å². The lowest BCUT2D eigenvalue weighted by Crippen LogP contribution is -1.93. The fraction of sp³-hybridized carbons (Fsp3) is 0.182. The van der Waals surface area contributed by atoms with Crippen LogP contribution >= 0.6 is 0 Å². The number of halogens is 1. The maximum absolute atomic E-state index is 13.0. The molecule has 0 spiro atoms. The van der Waals surface area contributed by atoms with E-state index >= 15 is 0 Å². The number of allylic oxidation sites excluding steroid dienone is 1. The highest BCUT2D eigenvalue weighted by Crippen LogP contribution is 2.23. The quantitative estimate of drug-likeness (QED) is 0.648. The van der Waals surface area contributed by atoms with Gasteiger partial charge in [-0.1, -0.05) is 12.1 Å². The maximum atomic E-state index is 13.0. The molecule has 69 valence electrons. The van der Waals surface area contributed by atoms with Crippen LogP contribution in [-0.2, 0) is 0 Å². The molecule has 0 N–H and O–H groups in total. The molecule has 13 heavy (non-hydrogen) atoms. The van der Waals surface area contributed by atoms with Crippen molar-refractivity contribution in [3.8, 4) is 5.75 Å². The lowest BCUT2D eigenvalue weighted by Gasteiger charge is -2.08. The van der Waals surface area contributed by atoms with Gasteiger partial charge < -0.3 is 4.74 Å². The van der Waals surface area contributed by atoms with Crippen molar-refractivity contribution in [2.45, 2.75) is 5.92 Å². The van der Waals surface area contributed by atoms with E-state index < -0.39 is 0 Å². The smallest absolute Gasteiger partial charge is 0.165 e. The van der Waals surface area contributed by atoms with Gasteiger partial charge in [-0.25, -0.2) is 4.39 Å². The van der Waals surface area contributed by atoms with Gasteiger partial charge in [0.2, 0.25) is 0 Å². The van der Waals surface area contributed by atoms with Gasteiger partial charge in [0.15, 0.2) is 11.6 Å². The molecule has 1 aromatic carbocycles. The molecular weight excluding hydrogens is 167 g/mol. The van der Waals surface area contributed by atoms with Gasteiger partial charge in [-0.15, -0.1) is 6.58 Å². The minimum atomic E-state index is -0.359. The van der Waals surface area contributed by atoms with Crippen molar-refractivity contribution >= 4 is 0 Å². The number of hydrogen-bond acceptors (Lipinski definition) is 1. The Morgan fingerprint density at radius 3 is 2.77 bits per heavy atom. The summed E-state index contributed by atoms with van der Waals surface area (Å²) in [6.07, 6.45) is 1.70. The molecule has 0 saturated heterocycles. The van der Waals surface area contributed by atoms with Gasteiger partial charge in [0, 0.05) is 5.92 Å². The molecule has 1 atom stereocenters. The zero-order chi connectivity index (χ0) is 9.84. The zero-order valence-corrected chi connectivity index (χ0v) is 7.59. The third kappa shape index (κ3) is 2.08. The molecular formula is C11H12FO. The lowest BCUT2D eigenvalue weighted by molar-refractivity contribution is 0.386. The van der Waals surface area contributed by atoms with E-state index in [1.807, 2.05) is 0 Å². The highest BCUT2D eigenvalue weighted by atomic mass is 19.1. The second-order valence-electron chi connectivity index (χ2n) is 2.74. The van der Waals surface area contributed by atoms with Crippen molar-refractivity contribution in [2.75, 3.05) is 7.11 Å². The van der Waals surface area contributed by atoms with Crippen LogP contribution in [0.1, 0.15) is 11.5 Å². The summed E-state index contributed by atoms with van der Waals surface area (Å²) in [5.41, 5.74) is 0.897. The van der Waals surface area contributed by atoms with Gasteiger partial charge in [-0.3, -0.25) is 0 Å². The van der Waals surface area contributed by atoms with Crippen molar-refractivity contribution in [3.63, 3.8) is 0 Å². The van der Waals surface area contributed by atoms with Crippen LogP contribution in [0.4, 0.5) is 4.39 Å². The van der Waals surface area contributed by atoms with Gasteiger partial charge in [0.25, 0.3) is 0 Å². The third-order valence-electron chi connectivity index (χ3n) is 1.89. The monoisotopic (exact) mass is 179 g/mol. The number of rotatable bonds is 3. The normalized spacial score (nSPS) is 12.2. The fourth-order valence-corrected chi connectivity index (χ4v) is 1.04. The van der Waals surface area contributed by atoms with Gasteiger partial charge in [-0.2, -0.15) is 0 Å².